The average Bonchev–Trinajstić information content (AvgIpc) is 3.11. The minimum Gasteiger partial charge on any atom is -0.371 e. The summed E-state index contributed by atoms with van der Waals surface area (Å²) in [5.74, 6) is 1.94. The molecule has 2 aromatic rings. The van der Waals surface area contributed by atoms with Crippen LogP contribution in [-0.4, -0.2) is 11.6 Å². The second-order valence-electron chi connectivity index (χ2n) is 4.80. The van der Waals surface area contributed by atoms with Crippen LogP contribution in [-0.2, 0) is 16.2 Å². The second kappa shape index (κ2) is 6.94. The van der Waals surface area contributed by atoms with E-state index in [4.69, 9.17) is 16.3 Å². The molecular weight excluding hydrogens is 310 g/mol. The van der Waals surface area contributed by atoms with Gasteiger partial charge in [-0.25, -0.2) is 4.98 Å². The van der Waals surface area contributed by atoms with E-state index in [0.29, 0.717) is 0 Å². The number of aromatic nitrogens is 1. The van der Waals surface area contributed by atoms with Crippen LogP contribution < -0.4 is 0 Å². The number of rotatable bonds is 5. The van der Waals surface area contributed by atoms with Crippen LogP contribution in [0.5, 0.6) is 0 Å². The summed E-state index contributed by atoms with van der Waals surface area (Å²) >= 11 is 9.49. The van der Waals surface area contributed by atoms with E-state index in [1.807, 2.05) is 23.9 Å². The summed E-state index contributed by atoms with van der Waals surface area (Å²) in [6, 6.07) is 8.04. The Morgan fingerprint density at radius 2 is 2.15 bits per heavy atom. The molecule has 0 saturated carbocycles. The van der Waals surface area contributed by atoms with Gasteiger partial charge < -0.3 is 4.74 Å². The highest BCUT2D eigenvalue weighted by molar-refractivity contribution is 7.97. The van der Waals surface area contributed by atoms with Crippen LogP contribution in [0.25, 0.3) is 0 Å². The van der Waals surface area contributed by atoms with Gasteiger partial charge in [-0.05, 0) is 30.5 Å². The first-order valence-corrected chi connectivity index (χ1v) is 9.10. The molecule has 2 nitrogen and oxygen atoms in total. The van der Waals surface area contributed by atoms with Gasteiger partial charge in [-0.2, -0.15) is 11.8 Å². The van der Waals surface area contributed by atoms with Crippen molar-refractivity contribution in [3.05, 3.63) is 50.9 Å². The third-order valence-corrected chi connectivity index (χ3v) is 5.48. The molecular formula is C15H16ClNOS2. The minimum absolute atomic E-state index is 0.245. The quantitative estimate of drug-likeness (QED) is 0.765. The van der Waals surface area contributed by atoms with E-state index >= 15 is 0 Å². The van der Waals surface area contributed by atoms with E-state index < -0.39 is 0 Å². The fraction of sp³-hybridized carbons (Fsp3) is 0.400. The molecule has 0 amide bonds. The van der Waals surface area contributed by atoms with Gasteiger partial charge in [-0.3, -0.25) is 0 Å². The Hall–Kier alpha value is -0.550. The Balaban J connectivity index is 1.49. The van der Waals surface area contributed by atoms with Crippen LogP contribution in [0.4, 0.5) is 0 Å². The predicted molar refractivity (Wildman–Crippen MR) is 86.5 cm³/mol. The van der Waals surface area contributed by atoms with Gasteiger partial charge in [0.2, 0.25) is 0 Å². The van der Waals surface area contributed by atoms with Gasteiger partial charge in [-0.1, -0.05) is 23.7 Å². The molecule has 20 heavy (non-hydrogen) atoms. The monoisotopic (exact) mass is 325 g/mol. The molecule has 3 rings (SSSR count). The molecule has 1 aliphatic rings. The molecule has 1 saturated heterocycles. The summed E-state index contributed by atoms with van der Waals surface area (Å²) in [5, 5.41) is 4.09. The van der Waals surface area contributed by atoms with Gasteiger partial charge in [-0.15, -0.1) is 11.3 Å². The standard InChI is InChI=1S/C15H16ClNOS2/c16-12-5-3-11(4-6-12)8-19-9-13-10-20-15(17-13)14-2-1-7-18-14/h3-6,10,14H,1-2,7-9H2/t14-/m1/s1. The van der Waals surface area contributed by atoms with Crippen molar-refractivity contribution in [1.29, 1.82) is 0 Å². The molecule has 0 radical (unpaired) electrons. The normalized spacial score (nSPS) is 18.6. The average molecular weight is 326 g/mol. The zero-order chi connectivity index (χ0) is 13.8. The van der Waals surface area contributed by atoms with Gasteiger partial charge in [0.05, 0.1) is 5.69 Å². The van der Waals surface area contributed by atoms with Crippen molar-refractivity contribution < 1.29 is 4.74 Å². The molecule has 0 N–H and O–H groups in total. The molecule has 0 aliphatic carbocycles. The molecule has 1 atom stereocenters. The summed E-state index contributed by atoms with van der Waals surface area (Å²) in [4.78, 5) is 4.69. The SMILES string of the molecule is Clc1ccc(CSCc2csc([C@H]3CCCO3)n2)cc1. The summed E-state index contributed by atoms with van der Waals surface area (Å²) < 4.78 is 5.67. The number of ether oxygens (including phenoxy) is 1. The minimum atomic E-state index is 0.245. The maximum Gasteiger partial charge on any atom is 0.122 e. The number of hydrogen-bond acceptors (Lipinski definition) is 4. The lowest BCUT2D eigenvalue weighted by molar-refractivity contribution is 0.111. The highest BCUT2D eigenvalue weighted by Gasteiger charge is 2.20. The topological polar surface area (TPSA) is 22.1 Å². The van der Waals surface area contributed by atoms with Crippen molar-refractivity contribution in [1.82, 2.24) is 4.98 Å². The lowest BCUT2D eigenvalue weighted by Crippen LogP contribution is -1.95. The second-order valence-corrected chi connectivity index (χ2v) is 7.11. The molecule has 2 heterocycles. The van der Waals surface area contributed by atoms with Crippen molar-refractivity contribution in [2.45, 2.75) is 30.5 Å². The third-order valence-electron chi connectivity index (χ3n) is 3.21. The van der Waals surface area contributed by atoms with Crippen molar-refractivity contribution in [3.63, 3.8) is 0 Å². The Morgan fingerprint density at radius 1 is 1.30 bits per heavy atom. The maximum absolute atomic E-state index is 5.88. The summed E-state index contributed by atoms with van der Waals surface area (Å²) in [7, 11) is 0. The number of thiazole rings is 1. The molecule has 0 bridgehead atoms. The van der Waals surface area contributed by atoms with Crippen molar-refractivity contribution in [3.8, 4) is 0 Å². The number of benzene rings is 1. The van der Waals surface area contributed by atoms with Gasteiger partial charge in [0.25, 0.3) is 0 Å². The largest absolute Gasteiger partial charge is 0.371 e. The predicted octanol–water partition coefficient (Wildman–Crippen LogP) is 5.08. The maximum atomic E-state index is 5.88. The van der Waals surface area contributed by atoms with Gasteiger partial charge in [0.1, 0.15) is 11.1 Å². The summed E-state index contributed by atoms with van der Waals surface area (Å²) in [6.07, 6.45) is 2.52. The number of thioether (sulfide) groups is 1. The van der Waals surface area contributed by atoms with Crippen LogP contribution >= 0.6 is 34.7 Å². The van der Waals surface area contributed by atoms with E-state index in [-0.39, 0.29) is 6.10 Å². The van der Waals surface area contributed by atoms with Crippen LogP contribution in [0.1, 0.15) is 35.2 Å². The fourth-order valence-corrected chi connectivity index (χ4v) is 4.18. The van der Waals surface area contributed by atoms with E-state index in [0.717, 1.165) is 41.0 Å². The fourth-order valence-electron chi connectivity index (χ4n) is 2.16. The van der Waals surface area contributed by atoms with Crippen LogP contribution in [0.2, 0.25) is 5.02 Å². The molecule has 0 unspecified atom stereocenters. The zero-order valence-electron chi connectivity index (χ0n) is 11.0. The highest BCUT2D eigenvalue weighted by Crippen LogP contribution is 2.31. The molecule has 5 heteroatoms. The molecule has 1 aromatic carbocycles. The first-order valence-electron chi connectivity index (χ1n) is 6.69. The first-order chi connectivity index (χ1) is 9.81. The Kier molecular flexibility index (Phi) is 4.99. The first kappa shape index (κ1) is 14.4. The molecule has 1 aliphatic heterocycles. The molecule has 0 spiro atoms. The molecule has 106 valence electrons. The number of nitrogens with zero attached hydrogens (tertiary/aromatic N) is 1. The Bertz CT molecular complexity index is 549. The van der Waals surface area contributed by atoms with Crippen LogP contribution in [0, 0.1) is 0 Å². The Morgan fingerprint density at radius 3 is 2.90 bits per heavy atom. The Labute approximate surface area is 132 Å². The lowest BCUT2D eigenvalue weighted by atomic mass is 10.2. The number of halogens is 1. The van der Waals surface area contributed by atoms with Crippen LogP contribution in [0.3, 0.4) is 0 Å². The lowest BCUT2D eigenvalue weighted by Gasteiger charge is -2.04. The van der Waals surface area contributed by atoms with E-state index in [2.05, 4.69) is 22.5 Å². The van der Waals surface area contributed by atoms with E-state index in [9.17, 15) is 0 Å². The smallest absolute Gasteiger partial charge is 0.122 e. The number of hydrogen-bond donors (Lipinski definition) is 0. The van der Waals surface area contributed by atoms with Crippen molar-refractivity contribution in [2.24, 2.45) is 0 Å². The van der Waals surface area contributed by atoms with E-state index in [1.165, 1.54) is 11.3 Å². The molecule has 1 aromatic heterocycles. The summed E-state index contributed by atoms with van der Waals surface area (Å²) in [6.45, 7) is 0.880. The van der Waals surface area contributed by atoms with Gasteiger partial charge in [0, 0.05) is 28.5 Å². The van der Waals surface area contributed by atoms with Gasteiger partial charge in [0.15, 0.2) is 0 Å². The van der Waals surface area contributed by atoms with Crippen molar-refractivity contribution >= 4 is 34.7 Å². The highest BCUT2D eigenvalue weighted by atomic mass is 35.5. The summed E-state index contributed by atoms with van der Waals surface area (Å²) in [5.41, 5.74) is 2.47. The van der Waals surface area contributed by atoms with Crippen molar-refractivity contribution in [2.75, 3.05) is 6.61 Å². The zero-order valence-corrected chi connectivity index (χ0v) is 13.4. The van der Waals surface area contributed by atoms with E-state index in [1.54, 1.807) is 11.3 Å². The molecule has 1 fully saturated rings. The van der Waals surface area contributed by atoms with Crippen LogP contribution in [0.15, 0.2) is 29.6 Å². The third kappa shape index (κ3) is 3.76. The van der Waals surface area contributed by atoms with Gasteiger partial charge >= 0.3 is 0 Å².